The van der Waals surface area contributed by atoms with Crippen molar-refractivity contribution in [2.45, 2.75) is 58.5 Å². The number of thiazole rings is 1. The number of rotatable bonds is 5. The van der Waals surface area contributed by atoms with Gasteiger partial charge in [0.1, 0.15) is 5.01 Å². The molecule has 0 aliphatic carbocycles. The number of benzene rings is 1. The first-order valence-electron chi connectivity index (χ1n) is 9.52. The van der Waals surface area contributed by atoms with Gasteiger partial charge in [-0.3, -0.25) is 4.79 Å². The SMILES string of the molecule is CCc1ccc(-c2nc(C(=O)OCC(=O)N3[C@@H](C)CCC[C@@H]3C)cs2)cc1. The Morgan fingerprint density at radius 2 is 1.85 bits per heavy atom. The number of hydrogen-bond donors (Lipinski definition) is 0. The molecule has 0 spiro atoms. The van der Waals surface area contributed by atoms with Crippen LogP contribution < -0.4 is 0 Å². The van der Waals surface area contributed by atoms with Crippen LogP contribution in [0.4, 0.5) is 0 Å². The van der Waals surface area contributed by atoms with Crippen molar-refractivity contribution < 1.29 is 14.3 Å². The van der Waals surface area contributed by atoms with Crippen LogP contribution in [0, 0.1) is 0 Å². The summed E-state index contributed by atoms with van der Waals surface area (Å²) in [7, 11) is 0. The number of ether oxygens (including phenoxy) is 1. The number of carbonyl (C=O) groups is 2. The third kappa shape index (κ3) is 4.56. The number of likely N-dealkylation sites (tertiary alicyclic amines) is 1. The van der Waals surface area contributed by atoms with Gasteiger partial charge in [-0.15, -0.1) is 11.3 Å². The number of esters is 1. The number of hydrogen-bond acceptors (Lipinski definition) is 5. The average Bonchev–Trinajstić information content (AvgIpc) is 3.16. The van der Waals surface area contributed by atoms with E-state index < -0.39 is 5.97 Å². The summed E-state index contributed by atoms with van der Waals surface area (Å²) in [5.74, 6) is -0.679. The first-order valence-corrected chi connectivity index (χ1v) is 10.4. The minimum Gasteiger partial charge on any atom is -0.451 e. The zero-order valence-corrected chi connectivity index (χ0v) is 16.9. The van der Waals surface area contributed by atoms with Gasteiger partial charge in [-0.2, -0.15) is 0 Å². The summed E-state index contributed by atoms with van der Waals surface area (Å²) in [5.41, 5.74) is 2.49. The van der Waals surface area contributed by atoms with E-state index in [2.05, 4.69) is 24.0 Å². The summed E-state index contributed by atoms with van der Waals surface area (Å²) in [5, 5.41) is 2.45. The van der Waals surface area contributed by atoms with E-state index in [0.29, 0.717) is 0 Å². The Hall–Kier alpha value is -2.21. The second-order valence-electron chi connectivity index (χ2n) is 7.09. The highest BCUT2D eigenvalue weighted by atomic mass is 32.1. The van der Waals surface area contributed by atoms with Gasteiger partial charge in [0.25, 0.3) is 5.91 Å². The van der Waals surface area contributed by atoms with E-state index in [0.717, 1.165) is 36.3 Å². The maximum Gasteiger partial charge on any atom is 0.358 e. The van der Waals surface area contributed by atoms with Gasteiger partial charge < -0.3 is 9.64 Å². The smallest absolute Gasteiger partial charge is 0.358 e. The Morgan fingerprint density at radius 1 is 1.19 bits per heavy atom. The molecule has 0 bridgehead atoms. The number of aryl methyl sites for hydroxylation is 1. The van der Waals surface area contributed by atoms with Crippen molar-refractivity contribution in [1.29, 1.82) is 0 Å². The Balaban J connectivity index is 1.60. The Morgan fingerprint density at radius 3 is 2.48 bits per heavy atom. The third-order valence-electron chi connectivity index (χ3n) is 5.13. The maximum atomic E-state index is 12.5. The molecule has 2 heterocycles. The molecule has 1 aliphatic heterocycles. The fourth-order valence-corrected chi connectivity index (χ4v) is 4.37. The van der Waals surface area contributed by atoms with Crippen molar-refractivity contribution in [3.8, 4) is 10.6 Å². The molecule has 0 unspecified atom stereocenters. The minimum absolute atomic E-state index is 0.131. The van der Waals surface area contributed by atoms with E-state index in [1.807, 2.05) is 30.9 Å². The molecular formula is C21H26N2O3S. The zero-order chi connectivity index (χ0) is 19.4. The molecule has 0 radical (unpaired) electrons. The van der Waals surface area contributed by atoms with Crippen molar-refractivity contribution in [2.75, 3.05) is 6.61 Å². The van der Waals surface area contributed by atoms with Crippen molar-refractivity contribution in [3.63, 3.8) is 0 Å². The van der Waals surface area contributed by atoms with Gasteiger partial charge in [0.05, 0.1) is 0 Å². The van der Waals surface area contributed by atoms with E-state index in [1.54, 1.807) is 5.38 Å². The topological polar surface area (TPSA) is 59.5 Å². The molecule has 0 saturated carbocycles. The molecule has 1 aromatic heterocycles. The lowest BCUT2D eigenvalue weighted by molar-refractivity contribution is -0.140. The largest absolute Gasteiger partial charge is 0.451 e. The maximum absolute atomic E-state index is 12.5. The molecule has 6 heteroatoms. The Kier molecular flexibility index (Phi) is 6.26. The van der Waals surface area contributed by atoms with Crippen molar-refractivity contribution in [3.05, 3.63) is 40.9 Å². The number of nitrogens with zero attached hydrogens (tertiary/aromatic N) is 2. The lowest BCUT2D eigenvalue weighted by Crippen LogP contribution is -2.49. The fourth-order valence-electron chi connectivity index (χ4n) is 3.57. The van der Waals surface area contributed by atoms with Crippen LogP contribution in [0.1, 0.15) is 56.1 Å². The van der Waals surface area contributed by atoms with Gasteiger partial charge in [-0.1, -0.05) is 31.2 Å². The first kappa shape index (κ1) is 19.5. The van der Waals surface area contributed by atoms with Gasteiger partial charge in [0.2, 0.25) is 0 Å². The lowest BCUT2D eigenvalue weighted by atomic mass is 9.97. The predicted octanol–water partition coefficient (Wildman–Crippen LogP) is 4.32. The molecule has 5 nitrogen and oxygen atoms in total. The van der Waals surface area contributed by atoms with Crippen LogP contribution in [-0.4, -0.2) is 40.5 Å². The van der Waals surface area contributed by atoms with Crippen LogP contribution in [0.2, 0.25) is 0 Å². The summed E-state index contributed by atoms with van der Waals surface area (Å²) in [6.07, 6.45) is 4.11. The van der Waals surface area contributed by atoms with Crippen molar-refractivity contribution >= 4 is 23.2 Å². The summed E-state index contributed by atoms with van der Waals surface area (Å²) >= 11 is 1.40. The van der Waals surface area contributed by atoms with E-state index in [4.69, 9.17) is 4.74 Å². The highest BCUT2D eigenvalue weighted by molar-refractivity contribution is 7.13. The highest BCUT2D eigenvalue weighted by Crippen LogP contribution is 2.25. The zero-order valence-electron chi connectivity index (χ0n) is 16.1. The van der Waals surface area contributed by atoms with Crippen molar-refractivity contribution in [1.82, 2.24) is 9.88 Å². The standard InChI is InChI=1S/C21H26N2O3S/c1-4-16-8-10-17(11-9-16)20-22-18(13-27-20)21(25)26-12-19(24)23-14(2)6-5-7-15(23)3/h8-11,13-15H,4-7,12H2,1-3H3/t14-,15-/m0/s1. The molecule has 1 aromatic carbocycles. The molecule has 2 atom stereocenters. The number of aromatic nitrogens is 1. The van der Waals surface area contributed by atoms with Crippen LogP contribution in [0.25, 0.3) is 10.6 Å². The summed E-state index contributed by atoms with van der Waals surface area (Å²) < 4.78 is 5.24. The van der Waals surface area contributed by atoms with Gasteiger partial charge in [-0.05, 0) is 45.1 Å². The van der Waals surface area contributed by atoms with Crippen LogP contribution in [0.3, 0.4) is 0 Å². The monoisotopic (exact) mass is 386 g/mol. The fraction of sp³-hybridized carbons (Fsp3) is 0.476. The van der Waals surface area contributed by atoms with E-state index in [-0.39, 0.29) is 30.3 Å². The Labute approximate surface area is 164 Å². The lowest BCUT2D eigenvalue weighted by Gasteiger charge is -2.38. The molecule has 0 N–H and O–H groups in total. The molecule has 144 valence electrons. The predicted molar refractivity (Wildman–Crippen MR) is 107 cm³/mol. The van der Waals surface area contributed by atoms with Crippen LogP contribution in [-0.2, 0) is 16.0 Å². The van der Waals surface area contributed by atoms with E-state index >= 15 is 0 Å². The second-order valence-corrected chi connectivity index (χ2v) is 7.95. The van der Waals surface area contributed by atoms with E-state index in [9.17, 15) is 9.59 Å². The highest BCUT2D eigenvalue weighted by Gasteiger charge is 2.29. The minimum atomic E-state index is -0.548. The van der Waals surface area contributed by atoms with Crippen LogP contribution >= 0.6 is 11.3 Å². The third-order valence-corrected chi connectivity index (χ3v) is 6.02. The van der Waals surface area contributed by atoms with Gasteiger partial charge >= 0.3 is 5.97 Å². The first-order chi connectivity index (χ1) is 13.0. The molecule has 1 fully saturated rings. The molecule has 27 heavy (non-hydrogen) atoms. The molecule has 1 amide bonds. The van der Waals surface area contributed by atoms with Gasteiger partial charge in [0, 0.05) is 23.0 Å². The Bertz CT molecular complexity index is 790. The second kappa shape index (κ2) is 8.65. The average molecular weight is 387 g/mol. The molecule has 1 aliphatic rings. The summed E-state index contributed by atoms with van der Waals surface area (Å²) in [4.78, 5) is 31.0. The van der Waals surface area contributed by atoms with Crippen LogP contribution in [0.5, 0.6) is 0 Å². The van der Waals surface area contributed by atoms with Gasteiger partial charge in [0.15, 0.2) is 12.3 Å². The molecular weight excluding hydrogens is 360 g/mol. The number of carbonyl (C=O) groups excluding carboxylic acids is 2. The van der Waals surface area contributed by atoms with Crippen molar-refractivity contribution in [2.24, 2.45) is 0 Å². The number of piperidine rings is 1. The van der Waals surface area contributed by atoms with E-state index in [1.165, 1.54) is 16.9 Å². The molecule has 2 aromatic rings. The number of amides is 1. The quantitative estimate of drug-likeness (QED) is 0.718. The molecule has 3 rings (SSSR count). The summed E-state index contributed by atoms with van der Waals surface area (Å²) in [6.45, 7) is 5.97. The van der Waals surface area contributed by atoms with Crippen LogP contribution in [0.15, 0.2) is 29.6 Å². The summed E-state index contributed by atoms with van der Waals surface area (Å²) in [6, 6.07) is 8.53. The molecule has 1 saturated heterocycles. The van der Waals surface area contributed by atoms with Gasteiger partial charge in [-0.25, -0.2) is 9.78 Å². The normalized spacial score (nSPS) is 19.7.